The Morgan fingerprint density at radius 3 is 2.80 bits per heavy atom. The molecule has 0 amide bonds. The van der Waals surface area contributed by atoms with Crippen LogP contribution in [0.2, 0.25) is 0 Å². The van der Waals surface area contributed by atoms with E-state index >= 15 is 0 Å². The fourth-order valence-electron chi connectivity index (χ4n) is 2.77. The molecule has 7 nitrogen and oxygen atoms in total. The number of hydrogen-bond donors (Lipinski definition) is 1. The van der Waals surface area contributed by atoms with E-state index in [9.17, 15) is 9.59 Å². The lowest BCUT2D eigenvalue weighted by atomic mass is 10.2. The predicted octanol–water partition coefficient (Wildman–Crippen LogP) is 0.621. The van der Waals surface area contributed by atoms with Crippen molar-refractivity contribution in [2.45, 2.75) is 32.4 Å². The van der Waals surface area contributed by atoms with Crippen molar-refractivity contribution in [3.63, 3.8) is 0 Å². The molecular weight excluding hydrogens is 322 g/mol. The number of carbonyl (C=O) groups is 1. The molecule has 2 rings (SSSR count). The highest BCUT2D eigenvalue weighted by Crippen LogP contribution is 2.12. The van der Waals surface area contributed by atoms with E-state index in [-0.39, 0.29) is 24.0 Å². The second kappa shape index (κ2) is 9.29. The first-order chi connectivity index (χ1) is 12.1. The first kappa shape index (κ1) is 19.1. The van der Waals surface area contributed by atoms with Crippen LogP contribution in [0, 0.1) is 0 Å². The van der Waals surface area contributed by atoms with Crippen molar-refractivity contribution in [1.29, 1.82) is 0 Å². The highest BCUT2D eigenvalue weighted by Gasteiger charge is 2.18. The van der Waals surface area contributed by atoms with Gasteiger partial charge in [-0.05, 0) is 25.5 Å². The third-order valence-electron chi connectivity index (χ3n) is 4.13. The van der Waals surface area contributed by atoms with E-state index in [1.54, 1.807) is 17.7 Å². The molecule has 7 heteroatoms. The first-order valence-corrected chi connectivity index (χ1v) is 8.47. The molecule has 0 saturated carbocycles. The molecule has 1 heterocycles. The number of carbonyl (C=O) groups excluding carboxylic acids is 1. The van der Waals surface area contributed by atoms with Crippen LogP contribution in [0.3, 0.4) is 0 Å². The molecule has 1 aromatic carbocycles. The fourth-order valence-corrected chi connectivity index (χ4v) is 2.77. The van der Waals surface area contributed by atoms with Gasteiger partial charge in [0.1, 0.15) is 6.04 Å². The lowest BCUT2D eigenvalue weighted by Gasteiger charge is -2.17. The molecule has 0 aliphatic heterocycles. The topological polar surface area (TPSA) is 87.0 Å². The van der Waals surface area contributed by atoms with E-state index in [2.05, 4.69) is 10.1 Å². The molecule has 1 aromatic heterocycles. The van der Waals surface area contributed by atoms with Crippen LogP contribution in [-0.4, -0.2) is 42.9 Å². The van der Waals surface area contributed by atoms with Crippen molar-refractivity contribution in [1.82, 2.24) is 9.55 Å². The van der Waals surface area contributed by atoms with Crippen LogP contribution in [0.15, 0.2) is 29.1 Å². The van der Waals surface area contributed by atoms with Gasteiger partial charge in [0, 0.05) is 20.1 Å². The van der Waals surface area contributed by atoms with Crippen molar-refractivity contribution < 1.29 is 19.6 Å². The Hall–Kier alpha value is -2.25. The normalized spacial score (nSPS) is 12.3. The summed E-state index contributed by atoms with van der Waals surface area (Å²) in [5.74, 6) is 0.438. The Bertz CT molecular complexity index is 772. The minimum absolute atomic E-state index is 0.00517. The van der Waals surface area contributed by atoms with Gasteiger partial charge in [-0.3, -0.25) is 14.2 Å². The molecule has 0 saturated heterocycles. The van der Waals surface area contributed by atoms with Gasteiger partial charge in [-0.1, -0.05) is 12.1 Å². The Morgan fingerprint density at radius 1 is 1.32 bits per heavy atom. The molecule has 0 aliphatic carbocycles. The third-order valence-corrected chi connectivity index (χ3v) is 4.13. The van der Waals surface area contributed by atoms with E-state index in [4.69, 9.17) is 9.72 Å². The number of esters is 1. The van der Waals surface area contributed by atoms with E-state index < -0.39 is 0 Å². The molecule has 25 heavy (non-hydrogen) atoms. The number of para-hydroxylation sites is 1. The Labute approximate surface area is 147 Å². The number of hydrogen-bond acceptors (Lipinski definition) is 5. The molecule has 0 fully saturated rings. The zero-order valence-corrected chi connectivity index (χ0v) is 15.0. The summed E-state index contributed by atoms with van der Waals surface area (Å²) in [7, 11) is 3.03. The number of rotatable bonds is 9. The zero-order chi connectivity index (χ0) is 18.2. The van der Waals surface area contributed by atoms with Crippen LogP contribution in [0.25, 0.3) is 10.9 Å². The van der Waals surface area contributed by atoms with Crippen LogP contribution in [0.5, 0.6) is 0 Å². The van der Waals surface area contributed by atoms with Crippen molar-refractivity contribution in [2.24, 2.45) is 0 Å². The molecule has 1 atom stereocenters. The molecule has 0 unspecified atom stereocenters. The SMILES string of the molecule is COCC[NH2+][C@H](C)c1nc2ccccc2c(=O)n1CCCC(=O)OC. The Morgan fingerprint density at radius 2 is 2.08 bits per heavy atom. The maximum atomic E-state index is 12.9. The maximum Gasteiger partial charge on any atom is 0.305 e. The Balaban J connectivity index is 2.33. The number of benzene rings is 1. The van der Waals surface area contributed by atoms with Crippen LogP contribution < -0.4 is 10.9 Å². The standard InChI is InChI=1S/C18H25N3O4/c1-13(19-10-12-24-2)17-20-15-8-5-4-7-14(15)18(23)21(17)11-6-9-16(22)25-3/h4-5,7-8,13,19H,6,9-12H2,1-3H3/p+1/t13-/m1/s1. The van der Waals surface area contributed by atoms with Gasteiger partial charge in [-0.2, -0.15) is 0 Å². The average Bonchev–Trinajstić information content (AvgIpc) is 2.63. The van der Waals surface area contributed by atoms with Gasteiger partial charge in [-0.15, -0.1) is 0 Å². The summed E-state index contributed by atoms with van der Waals surface area (Å²) in [6, 6.07) is 7.34. The van der Waals surface area contributed by atoms with Gasteiger partial charge < -0.3 is 14.8 Å². The minimum atomic E-state index is -0.275. The van der Waals surface area contributed by atoms with Crippen LogP contribution in [0.1, 0.15) is 31.6 Å². The zero-order valence-electron chi connectivity index (χ0n) is 15.0. The molecule has 2 N–H and O–H groups in total. The summed E-state index contributed by atoms with van der Waals surface area (Å²) in [6.45, 7) is 3.86. The highest BCUT2D eigenvalue weighted by molar-refractivity contribution is 5.77. The summed E-state index contributed by atoms with van der Waals surface area (Å²) in [5.41, 5.74) is 0.621. The van der Waals surface area contributed by atoms with Crippen molar-refractivity contribution in [2.75, 3.05) is 27.4 Å². The highest BCUT2D eigenvalue weighted by atomic mass is 16.5. The second-order valence-corrected chi connectivity index (χ2v) is 5.93. The van der Waals surface area contributed by atoms with Crippen molar-refractivity contribution >= 4 is 16.9 Å². The molecule has 136 valence electrons. The van der Waals surface area contributed by atoms with E-state index in [1.807, 2.05) is 25.1 Å². The van der Waals surface area contributed by atoms with Gasteiger partial charge in [-0.25, -0.2) is 4.98 Å². The molecule has 0 spiro atoms. The van der Waals surface area contributed by atoms with Crippen LogP contribution >= 0.6 is 0 Å². The van der Waals surface area contributed by atoms with Crippen LogP contribution in [0.4, 0.5) is 0 Å². The largest absolute Gasteiger partial charge is 0.469 e. The van der Waals surface area contributed by atoms with E-state index in [0.29, 0.717) is 36.3 Å². The van der Waals surface area contributed by atoms with E-state index in [0.717, 1.165) is 6.54 Å². The number of fused-ring (bicyclic) bond motifs is 1. The number of aromatic nitrogens is 2. The number of quaternary nitrogens is 1. The quantitative estimate of drug-likeness (QED) is 0.530. The lowest BCUT2D eigenvalue weighted by Crippen LogP contribution is -2.86. The third kappa shape index (κ3) is 4.87. The monoisotopic (exact) mass is 348 g/mol. The summed E-state index contributed by atoms with van der Waals surface area (Å²) in [4.78, 5) is 29.0. The van der Waals surface area contributed by atoms with Crippen LogP contribution in [-0.2, 0) is 20.8 Å². The molecule has 0 aliphatic rings. The second-order valence-electron chi connectivity index (χ2n) is 5.93. The lowest BCUT2D eigenvalue weighted by molar-refractivity contribution is -0.695. The fraction of sp³-hybridized carbons (Fsp3) is 0.500. The van der Waals surface area contributed by atoms with Crippen molar-refractivity contribution in [3.05, 3.63) is 40.4 Å². The molecular formula is C18H26N3O4+. The summed E-state index contributed by atoms with van der Waals surface area (Å²) in [5, 5.41) is 2.69. The van der Waals surface area contributed by atoms with Gasteiger partial charge in [0.05, 0.1) is 31.2 Å². The van der Waals surface area contributed by atoms with Crippen molar-refractivity contribution in [3.8, 4) is 0 Å². The van der Waals surface area contributed by atoms with Gasteiger partial charge >= 0.3 is 5.97 Å². The summed E-state index contributed by atoms with van der Waals surface area (Å²) >= 11 is 0. The summed E-state index contributed by atoms with van der Waals surface area (Å²) in [6.07, 6.45) is 0.807. The van der Waals surface area contributed by atoms with Gasteiger partial charge in [0.15, 0.2) is 5.82 Å². The smallest absolute Gasteiger partial charge is 0.305 e. The number of nitrogens with zero attached hydrogens (tertiary/aromatic N) is 2. The molecule has 2 aromatic rings. The molecule has 0 radical (unpaired) electrons. The number of nitrogens with two attached hydrogens (primary N) is 1. The summed E-state index contributed by atoms with van der Waals surface area (Å²) < 4.78 is 11.4. The maximum absolute atomic E-state index is 12.9. The van der Waals surface area contributed by atoms with Gasteiger partial charge in [0.2, 0.25) is 0 Å². The first-order valence-electron chi connectivity index (χ1n) is 8.47. The predicted molar refractivity (Wildman–Crippen MR) is 94.3 cm³/mol. The Kier molecular flexibility index (Phi) is 7.09. The van der Waals surface area contributed by atoms with E-state index in [1.165, 1.54) is 7.11 Å². The minimum Gasteiger partial charge on any atom is -0.469 e. The number of methoxy groups -OCH3 is 2. The molecule has 0 bridgehead atoms. The number of ether oxygens (including phenoxy) is 2. The average molecular weight is 348 g/mol. The van der Waals surface area contributed by atoms with Gasteiger partial charge in [0.25, 0.3) is 5.56 Å².